The van der Waals surface area contributed by atoms with Crippen molar-refractivity contribution in [1.29, 1.82) is 0 Å². The van der Waals surface area contributed by atoms with Gasteiger partial charge in [0.15, 0.2) is 5.65 Å². The molecule has 0 bridgehead atoms. The molecule has 5 rings (SSSR count). The number of carbonyl (C=O) groups is 2. The highest BCUT2D eigenvalue weighted by molar-refractivity contribution is 6.37. The Morgan fingerprint density at radius 2 is 1.68 bits per heavy atom. The van der Waals surface area contributed by atoms with Crippen LogP contribution in [-0.2, 0) is 0 Å². The molecule has 2 aromatic carbocycles. The molecule has 0 saturated heterocycles. The molecular weight excluding hydrogens is 395 g/mol. The quantitative estimate of drug-likeness (QED) is 0.450. The largest absolute Gasteiger partial charge is 0.268 e. The van der Waals surface area contributed by atoms with E-state index in [2.05, 4.69) is 10.1 Å². The fourth-order valence-electron chi connectivity index (χ4n) is 4.01. The summed E-state index contributed by atoms with van der Waals surface area (Å²) in [6, 6.07) is 10.3. The Bertz CT molecular complexity index is 1440. The van der Waals surface area contributed by atoms with Crippen molar-refractivity contribution in [3.8, 4) is 5.69 Å². The summed E-state index contributed by atoms with van der Waals surface area (Å²) in [5, 5.41) is 5.10. The number of rotatable bonds is 2. The van der Waals surface area contributed by atoms with Gasteiger partial charge in [-0.2, -0.15) is 5.10 Å². The van der Waals surface area contributed by atoms with E-state index < -0.39 is 17.6 Å². The topological polar surface area (TPSA) is 68.1 Å². The molecule has 0 N–H and O–H groups in total. The van der Waals surface area contributed by atoms with E-state index in [4.69, 9.17) is 0 Å². The van der Waals surface area contributed by atoms with Crippen molar-refractivity contribution < 1.29 is 14.0 Å². The van der Waals surface area contributed by atoms with E-state index in [9.17, 15) is 14.0 Å². The molecule has 7 heteroatoms. The molecule has 0 fully saturated rings. The zero-order valence-electron chi connectivity index (χ0n) is 17.5. The first-order chi connectivity index (χ1) is 14.8. The van der Waals surface area contributed by atoms with Gasteiger partial charge in [0.05, 0.1) is 33.6 Å². The van der Waals surface area contributed by atoms with Crippen LogP contribution in [0.1, 0.15) is 43.1 Å². The minimum Gasteiger partial charge on any atom is -0.268 e. The maximum Gasteiger partial charge on any atom is 0.267 e. The Morgan fingerprint density at radius 1 is 0.903 bits per heavy atom. The van der Waals surface area contributed by atoms with E-state index in [1.54, 1.807) is 24.6 Å². The van der Waals surface area contributed by atoms with Crippen molar-refractivity contribution in [1.82, 2.24) is 14.8 Å². The molecule has 0 aliphatic carbocycles. The lowest BCUT2D eigenvalue weighted by molar-refractivity contribution is 0.0925. The van der Waals surface area contributed by atoms with Crippen LogP contribution >= 0.6 is 0 Å². The number of aryl methyl sites for hydroxylation is 4. The Kier molecular flexibility index (Phi) is 4.05. The zero-order chi connectivity index (χ0) is 22.0. The maximum absolute atomic E-state index is 14.6. The zero-order valence-corrected chi connectivity index (χ0v) is 17.5. The van der Waals surface area contributed by atoms with Gasteiger partial charge in [-0.25, -0.2) is 19.0 Å². The summed E-state index contributed by atoms with van der Waals surface area (Å²) in [6.45, 7) is 7.56. The van der Waals surface area contributed by atoms with Crippen LogP contribution in [0.5, 0.6) is 0 Å². The third-order valence-corrected chi connectivity index (χ3v) is 5.80. The molecule has 6 nitrogen and oxygen atoms in total. The smallest absolute Gasteiger partial charge is 0.267 e. The Hall–Kier alpha value is -3.87. The van der Waals surface area contributed by atoms with E-state index in [-0.39, 0.29) is 16.8 Å². The van der Waals surface area contributed by atoms with Crippen LogP contribution in [0.4, 0.5) is 10.1 Å². The van der Waals surface area contributed by atoms with Crippen LogP contribution in [0.25, 0.3) is 16.7 Å². The van der Waals surface area contributed by atoms with Crippen LogP contribution in [-0.4, -0.2) is 26.6 Å². The second kappa shape index (κ2) is 6.57. The fourth-order valence-corrected chi connectivity index (χ4v) is 4.01. The number of benzene rings is 2. The van der Waals surface area contributed by atoms with Gasteiger partial charge in [-0.3, -0.25) is 9.59 Å². The Balaban J connectivity index is 1.71. The average Bonchev–Trinajstić information content (AvgIpc) is 3.19. The molecule has 1 aliphatic heterocycles. The molecule has 31 heavy (non-hydrogen) atoms. The maximum atomic E-state index is 14.6. The standard InChI is InChI=1S/C24H19FN4O2/c1-12-5-8-19(18(25)9-12)28-23(30)17-11-26-22-20(21(17)24(28)31)15(4)27-29(22)16-7-6-13(2)14(3)10-16/h5-11H,1-4H3. The second-order valence-corrected chi connectivity index (χ2v) is 7.91. The number of amides is 2. The van der Waals surface area contributed by atoms with Gasteiger partial charge in [0.1, 0.15) is 5.82 Å². The average molecular weight is 414 g/mol. The number of pyridine rings is 1. The number of anilines is 1. The van der Waals surface area contributed by atoms with Crippen molar-refractivity contribution in [2.75, 3.05) is 4.90 Å². The number of halogens is 1. The van der Waals surface area contributed by atoms with Crippen LogP contribution < -0.4 is 4.90 Å². The van der Waals surface area contributed by atoms with Crippen molar-refractivity contribution in [2.24, 2.45) is 0 Å². The molecule has 154 valence electrons. The number of aromatic nitrogens is 3. The van der Waals surface area contributed by atoms with Gasteiger partial charge in [0, 0.05) is 6.20 Å². The summed E-state index contributed by atoms with van der Waals surface area (Å²) in [7, 11) is 0. The minimum atomic E-state index is -0.624. The third kappa shape index (κ3) is 2.70. The second-order valence-electron chi connectivity index (χ2n) is 7.91. The fraction of sp³-hybridized carbons (Fsp3) is 0.167. The van der Waals surface area contributed by atoms with Gasteiger partial charge in [-0.1, -0.05) is 12.1 Å². The summed E-state index contributed by atoms with van der Waals surface area (Å²) < 4.78 is 16.3. The molecule has 0 radical (unpaired) electrons. The van der Waals surface area contributed by atoms with Gasteiger partial charge in [0.25, 0.3) is 11.8 Å². The summed E-state index contributed by atoms with van der Waals surface area (Å²) >= 11 is 0. The van der Waals surface area contributed by atoms with E-state index in [0.29, 0.717) is 22.3 Å². The number of fused-ring (bicyclic) bond motifs is 3. The summed E-state index contributed by atoms with van der Waals surface area (Å²) in [5.41, 5.74) is 5.12. The normalized spacial score (nSPS) is 13.4. The van der Waals surface area contributed by atoms with E-state index in [1.807, 2.05) is 32.0 Å². The number of imide groups is 1. The van der Waals surface area contributed by atoms with Crippen LogP contribution in [0.15, 0.2) is 42.6 Å². The first-order valence-corrected chi connectivity index (χ1v) is 9.89. The van der Waals surface area contributed by atoms with Gasteiger partial charge in [0.2, 0.25) is 0 Å². The number of nitrogens with zero attached hydrogens (tertiary/aromatic N) is 4. The Labute approximate surface area is 177 Å². The molecule has 0 spiro atoms. The first kappa shape index (κ1) is 19.1. The third-order valence-electron chi connectivity index (χ3n) is 5.80. The summed E-state index contributed by atoms with van der Waals surface area (Å²) in [4.78, 5) is 31.7. The van der Waals surface area contributed by atoms with Gasteiger partial charge in [-0.05, 0) is 68.7 Å². The number of carbonyl (C=O) groups excluding carboxylic acids is 2. The molecule has 2 amide bonds. The Morgan fingerprint density at radius 3 is 2.39 bits per heavy atom. The molecule has 0 unspecified atom stereocenters. The number of hydrogen-bond acceptors (Lipinski definition) is 4. The monoisotopic (exact) mass is 414 g/mol. The highest BCUT2D eigenvalue weighted by atomic mass is 19.1. The van der Waals surface area contributed by atoms with Gasteiger partial charge in [-0.15, -0.1) is 0 Å². The lowest BCUT2D eigenvalue weighted by Crippen LogP contribution is -2.30. The summed E-state index contributed by atoms with van der Waals surface area (Å²) in [5.74, 6) is -1.78. The molecule has 4 aromatic rings. The van der Waals surface area contributed by atoms with Crippen molar-refractivity contribution in [3.63, 3.8) is 0 Å². The highest BCUT2D eigenvalue weighted by Gasteiger charge is 2.41. The van der Waals surface area contributed by atoms with Crippen molar-refractivity contribution in [3.05, 3.63) is 81.9 Å². The highest BCUT2D eigenvalue weighted by Crippen LogP contribution is 2.35. The van der Waals surface area contributed by atoms with Crippen LogP contribution in [0, 0.1) is 33.5 Å². The molecule has 0 atom stereocenters. The van der Waals surface area contributed by atoms with Crippen LogP contribution in [0.3, 0.4) is 0 Å². The van der Waals surface area contributed by atoms with E-state index in [0.717, 1.165) is 21.7 Å². The predicted molar refractivity (Wildman–Crippen MR) is 115 cm³/mol. The van der Waals surface area contributed by atoms with Gasteiger partial charge >= 0.3 is 0 Å². The van der Waals surface area contributed by atoms with Gasteiger partial charge < -0.3 is 0 Å². The van der Waals surface area contributed by atoms with Crippen molar-refractivity contribution in [2.45, 2.75) is 27.7 Å². The van der Waals surface area contributed by atoms with Crippen molar-refractivity contribution >= 4 is 28.5 Å². The molecule has 2 aromatic heterocycles. The molecular formula is C24H19FN4O2. The van der Waals surface area contributed by atoms with E-state index in [1.165, 1.54) is 18.3 Å². The SMILES string of the molecule is Cc1ccc(N2C(=O)c3cnc4c(c(C)nn4-c4ccc(C)c(C)c4)c3C2=O)c(F)c1. The lowest BCUT2D eigenvalue weighted by atomic mass is 10.1. The molecule has 3 heterocycles. The predicted octanol–water partition coefficient (Wildman–Crippen LogP) is 4.59. The van der Waals surface area contributed by atoms with Crippen LogP contribution in [0.2, 0.25) is 0 Å². The molecule has 1 aliphatic rings. The first-order valence-electron chi connectivity index (χ1n) is 9.89. The molecule has 0 saturated carbocycles. The lowest BCUT2D eigenvalue weighted by Gasteiger charge is -2.15. The number of hydrogen-bond donors (Lipinski definition) is 0. The summed E-state index contributed by atoms with van der Waals surface area (Å²) in [6.07, 6.45) is 1.38. The van der Waals surface area contributed by atoms with E-state index >= 15 is 0 Å². The minimum absolute atomic E-state index is 0.0656.